The van der Waals surface area contributed by atoms with E-state index in [2.05, 4.69) is 33.9 Å². The topological polar surface area (TPSA) is 71.8 Å². The molecule has 1 heterocycles. The summed E-state index contributed by atoms with van der Waals surface area (Å²) in [6.07, 6.45) is -0.703. The van der Waals surface area contributed by atoms with Gasteiger partial charge in [0, 0.05) is 6.07 Å². The van der Waals surface area contributed by atoms with Crippen LogP contribution in [0, 0.1) is 0 Å². The highest BCUT2D eigenvalue weighted by Crippen LogP contribution is 2.37. The lowest BCUT2D eigenvalue weighted by atomic mass is 10.1. The lowest BCUT2D eigenvalue weighted by Gasteiger charge is -2.36. The fourth-order valence-electron chi connectivity index (χ4n) is 3.52. The predicted octanol–water partition coefficient (Wildman–Crippen LogP) is 7.88. The normalized spacial score (nSPS) is 13.5. The molecule has 0 aliphatic heterocycles. The third kappa shape index (κ3) is 7.14. The van der Waals surface area contributed by atoms with E-state index < -0.39 is 20.0 Å². The summed E-state index contributed by atoms with van der Waals surface area (Å²) in [5, 5.41) is 0.130. The highest BCUT2D eigenvalue weighted by molar-refractivity contribution is 6.74. The molecule has 1 unspecified atom stereocenters. The van der Waals surface area contributed by atoms with Gasteiger partial charge in [0.15, 0.2) is 0 Å². The number of hydrogen-bond donors (Lipinski definition) is 0. The van der Waals surface area contributed by atoms with E-state index in [-0.39, 0.29) is 17.7 Å². The van der Waals surface area contributed by atoms with Crippen LogP contribution < -0.4 is 9.16 Å². The summed E-state index contributed by atoms with van der Waals surface area (Å²) in [6, 6.07) is 13.5. The second kappa shape index (κ2) is 10.9. The van der Waals surface area contributed by atoms with E-state index in [1.807, 2.05) is 77.1 Å². The van der Waals surface area contributed by atoms with Gasteiger partial charge in [0.2, 0.25) is 8.32 Å². The molecule has 0 aliphatic carbocycles. The Labute approximate surface area is 222 Å². The van der Waals surface area contributed by atoms with Crippen LogP contribution in [0.25, 0.3) is 11.0 Å². The van der Waals surface area contributed by atoms with E-state index in [1.54, 1.807) is 0 Å². The van der Waals surface area contributed by atoms with Crippen LogP contribution in [0.4, 0.5) is 4.79 Å². The van der Waals surface area contributed by atoms with Crippen molar-refractivity contribution in [2.75, 3.05) is 6.61 Å². The van der Waals surface area contributed by atoms with Crippen molar-refractivity contribution >= 4 is 25.4 Å². The van der Waals surface area contributed by atoms with Gasteiger partial charge >= 0.3 is 6.09 Å². The largest absolute Gasteiger partial charge is 0.544 e. The van der Waals surface area contributed by atoms with Crippen LogP contribution in [-0.2, 0) is 16.1 Å². The Kier molecular flexibility index (Phi) is 8.44. The predicted molar refractivity (Wildman–Crippen MR) is 150 cm³/mol. The first-order chi connectivity index (χ1) is 17.1. The molecular formula is C29H42N2O5Si. The molecule has 0 saturated carbocycles. The number of hydrogen-bond acceptors (Lipinski definition) is 6. The molecule has 0 saturated heterocycles. The van der Waals surface area contributed by atoms with Gasteiger partial charge in [-0.2, -0.15) is 0 Å². The van der Waals surface area contributed by atoms with Gasteiger partial charge in [-0.05, 0) is 82.6 Å². The zero-order valence-electron chi connectivity index (χ0n) is 24.0. The number of aromatic nitrogens is 2. The van der Waals surface area contributed by atoms with Crippen molar-refractivity contribution in [3.63, 3.8) is 0 Å². The zero-order valence-corrected chi connectivity index (χ0v) is 25.0. The molecule has 0 N–H and O–H groups in total. The van der Waals surface area contributed by atoms with Crippen LogP contribution in [0.5, 0.6) is 11.5 Å². The first kappa shape index (κ1) is 28.7. The lowest BCUT2D eigenvalue weighted by Crippen LogP contribution is -2.43. The second-order valence-electron chi connectivity index (χ2n) is 11.8. The summed E-state index contributed by atoms with van der Waals surface area (Å²) < 4.78 is 25.3. The third-order valence-corrected chi connectivity index (χ3v) is 10.9. The monoisotopic (exact) mass is 526 g/mol. The van der Waals surface area contributed by atoms with Crippen LogP contribution in [-0.4, -0.2) is 36.2 Å². The van der Waals surface area contributed by atoms with Gasteiger partial charge in [0.05, 0.1) is 23.7 Å². The average Bonchev–Trinajstić information content (AvgIpc) is 3.14. The molecule has 8 heteroatoms. The van der Waals surface area contributed by atoms with Crippen LogP contribution in [0.3, 0.4) is 0 Å². The second-order valence-corrected chi connectivity index (χ2v) is 16.5. The van der Waals surface area contributed by atoms with Crippen LogP contribution in [0.15, 0.2) is 42.5 Å². The number of ether oxygens (including phenoxy) is 3. The summed E-state index contributed by atoms with van der Waals surface area (Å²) in [4.78, 5) is 17.8. The van der Waals surface area contributed by atoms with Crippen molar-refractivity contribution < 1.29 is 23.4 Å². The molecule has 0 aliphatic rings. The van der Waals surface area contributed by atoms with Crippen LogP contribution >= 0.6 is 0 Å². The number of nitrogens with zero attached hydrogens (tertiary/aromatic N) is 2. The van der Waals surface area contributed by atoms with E-state index in [4.69, 9.17) is 23.6 Å². The Morgan fingerprint density at radius 3 is 2.19 bits per heavy atom. The zero-order chi connectivity index (χ0) is 27.6. The Hall–Kier alpha value is -2.84. The minimum atomic E-state index is -1.90. The molecule has 7 nitrogen and oxygen atoms in total. The fourth-order valence-corrected chi connectivity index (χ4v) is 4.56. The Morgan fingerprint density at radius 2 is 1.62 bits per heavy atom. The number of imidazole rings is 1. The van der Waals surface area contributed by atoms with Crippen LogP contribution in [0.2, 0.25) is 18.1 Å². The molecule has 1 aromatic heterocycles. The summed E-state index contributed by atoms with van der Waals surface area (Å²) in [5.41, 5.74) is 1.67. The van der Waals surface area contributed by atoms with Gasteiger partial charge in [-0.15, -0.1) is 0 Å². The van der Waals surface area contributed by atoms with Crippen molar-refractivity contribution in [1.29, 1.82) is 0 Å². The fraction of sp³-hybridized carbons (Fsp3) is 0.517. The van der Waals surface area contributed by atoms with Gasteiger partial charge in [0.1, 0.15) is 29.5 Å². The highest BCUT2D eigenvalue weighted by atomic mass is 28.4. The van der Waals surface area contributed by atoms with E-state index in [9.17, 15) is 4.79 Å². The average molecular weight is 527 g/mol. The van der Waals surface area contributed by atoms with Gasteiger partial charge in [-0.3, -0.25) is 0 Å². The smallest absolute Gasteiger partial charge is 0.420 e. The number of fused-ring (bicyclic) bond motifs is 1. The van der Waals surface area contributed by atoms with E-state index in [1.165, 1.54) is 4.57 Å². The van der Waals surface area contributed by atoms with Gasteiger partial charge in [0.25, 0.3) is 0 Å². The maximum absolute atomic E-state index is 13.1. The number of carbonyl (C=O) groups is 1. The Balaban J connectivity index is 1.80. The summed E-state index contributed by atoms with van der Waals surface area (Å²) >= 11 is 0. The van der Waals surface area contributed by atoms with Crippen molar-refractivity contribution in [2.45, 2.75) is 91.8 Å². The Bertz CT molecular complexity index is 1220. The highest BCUT2D eigenvalue weighted by Gasteiger charge is 2.39. The molecule has 0 spiro atoms. The van der Waals surface area contributed by atoms with Crippen molar-refractivity contribution in [3.05, 3.63) is 53.9 Å². The molecule has 3 rings (SSSR count). The first-order valence-corrected chi connectivity index (χ1v) is 15.8. The number of carbonyl (C=O) groups excluding carboxylic acids is 1. The number of rotatable bonds is 8. The van der Waals surface area contributed by atoms with Gasteiger partial charge in [-0.25, -0.2) is 14.3 Å². The molecule has 0 fully saturated rings. The molecule has 1 atom stereocenters. The van der Waals surface area contributed by atoms with Crippen molar-refractivity contribution in [2.24, 2.45) is 0 Å². The number of benzene rings is 2. The van der Waals surface area contributed by atoms with Crippen LogP contribution in [0.1, 0.15) is 72.9 Å². The maximum atomic E-state index is 13.1. The quantitative estimate of drug-likeness (QED) is 0.278. The molecule has 0 radical (unpaired) electrons. The summed E-state index contributed by atoms with van der Waals surface area (Å²) in [5.74, 6) is 2.05. The summed E-state index contributed by atoms with van der Waals surface area (Å²) in [7, 11) is -1.90. The molecule has 3 aromatic rings. The minimum Gasteiger partial charge on any atom is -0.544 e. The van der Waals surface area contributed by atoms with E-state index >= 15 is 0 Å². The standard InChI is InChI=1S/C29H42N2O5Si/c1-11-33-23-16-17-25-24(18-23)30-26(31(25)27(32)35-28(3,4)5)19-34-20(2)21-12-14-22(15-13-21)36-37(9,10)29(6,7)8/h12-18,20H,11,19H2,1-10H3. The first-order valence-electron chi connectivity index (χ1n) is 12.9. The Morgan fingerprint density at radius 1 is 1.00 bits per heavy atom. The molecule has 0 bridgehead atoms. The minimum absolute atomic E-state index is 0.130. The summed E-state index contributed by atoms with van der Waals surface area (Å²) in [6.45, 7) is 21.3. The van der Waals surface area contributed by atoms with Crippen molar-refractivity contribution in [3.8, 4) is 11.5 Å². The van der Waals surface area contributed by atoms with Crippen molar-refractivity contribution in [1.82, 2.24) is 9.55 Å². The third-order valence-electron chi connectivity index (χ3n) is 6.57. The van der Waals surface area contributed by atoms with Gasteiger partial charge < -0.3 is 18.6 Å². The SMILES string of the molecule is CCOc1ccc2c(c1)nc(COC(C)c1ccc(O[Si](C)(C)C(C)(C)C)cc1)n2C(=O)OC(C)(C)C. The van der Waals surface area contributed by atoms with Gasteiger partial charge in [-0.1, -0.05) is 32.9 Å². The molecule has 202 valence electrons. The van der Waals surface area contributed by atoms with E-state index in [0.717, 1.165) is 11.3 Å². The van der Waals surface area contributed by atoms with E-state index in [0.29, 0.717) is 29.2 Å². The maximum Gasteiger partial charge on any atom is 0.420 e. The molecule has 2 aromatic carbocycles. The molecule has 0 amide bonds. The molecule has 37 heavy (non-hydrogen) atoms. The lowest BCUT2D eigenvalue weighted by molar-refractivity contribution is 0.0387. The molecular weight excluding hydrogens is 484 g/mol.